The normalized spacial score (nSPS) is 13.8. The van der Waals surface area contributed by atoms with Crippen molar-refractivity contribution < 1.29 is 14.3 Å². The Labute approximate surface area is 204 Å². The van der Waals surface area contributed by atoms with E-state index in [0.29, 0.717) is 34.5 Å². The molecule has 1 atom stereocenters. The number of nitrogens with one attached hydrogen (secondary N) is 3. The van der Waals surface area contributed by atoms with E-state index in [-0.39, 0.29) is 48.9 Å². The molecule has 1 aromatic heterocycles. The Hall–Kier alpha value is -3.07. The predicted molar refractivity (Wildman–Crippen MR) is 131 cm³/mol. The van der Waals surface area contributed by atoms with Crippen molar-refractivity contribution in [3.05, 3.63) is 51.0 Å². The Morgan fingerprint density at radius 2 is 2.06 bits per heavy atom. The molecule has 10 heteroatoms. The number of anilines is 1. The average Bonchev–Trinajstić information content (AvgIpc) is 3.62. The van der Waals surface area contributed by atoms with Crippen LogP contribution in [0.3, 0.4) is 0 Å². The maximum absolute atomic E-state index is 12.8. The van der Waals surface area contributed by atoms with Crippen molar-refractivity contribution in [3.8, 4) is 5.75 Å². The van der Waals surface area contributed by atoms with E-state index in [0.717, 1.165) is 19.3 Å². The Morgan fingerprint density at radius 3 is 2.76 bits per heavy atom. The lowest BCUT2D eigenvalue weighted by Crippen LogP contribution is -2.35. The standard InChI is InChI=1S/C24H32ClN5O4/c1-4-15(2)10-27-23-24(33)30(16(3)11-28-23)13-21(31)26-12-17-9-18(25)5-8-20(17)34-14-22(32)29-19-6-7-19/h5,8-9,11,15,19H,4,6-7,10,12-14H2,1-3H3,(H,26,31)(H,27,28)(H,29,32). The minimum Gasteiger partial charge on any atom is -0.483 e. The third kappa shape index (κ3) is 7.48. The Morgan fingerprint density at radius 1 is 1.29 bits per heavy atom. The molecule has 34 heavy (non-hydrogen) atoms. The molecule has 9 nitrogen and oxygen atoms in total. The number of nitrogens with zero attached hydrogens (tertiary/aromatic N) is 2. The fourth-order valence-corrected chi connectivity index (χ4v) is 3.36. The van der Waals surface area contributed by atoms with Gasteiger partial charge in [-0.25, -0.2) is 4.98 Å². The van der Waals surface area contributed by atoms with Crippen LogP contribution in [0, 0.1) is 12.8 Å². The summed E-state index contributed by atoms with van der Waals surface area (Å²) in [6.07, 6.45) is 4.55. The highest BCUT2D eigenvalue weighted by molar-refractivity contribution is 6.30. The summed E-state index contributed by atoms with van der Waals surface area (Å²) in [5.41, 5.74) is 0.879. The van der Waals surface area contributed by atoms with Gasteiger partial charge in [-0.1, -0.05) is 31.9 Å². The van der Waals surface area contributed by atoms with E-state index in [1.807, 2.05) is 0 Å². The number of rotatable bonds is 12. The van der Waals surface area contributed by atoms with Gasteiger partial charge in [0.25, 0.3) is 11.5 Å². The number of hydrogen-bond donors (Lipinski definition) is 3. The number of ether oxygens (including phenoxy) is 1. The van der Waals surface area contributed by atoms with Gasteiger partial charge in [-0.2, -0.15) is 0 Å². The molecule has 1 saturated carbocycles. The first kappa shape index (κ1) is 25.6. The molecule has 3 rings (SSSR count). The lowest BCUT2D eigenvalue weighted by atomic mass is 10.1. The van der Waals surface area contributed by atoms with E-state index in [1.54, 1.807) is 31.3 Å². The van der Waals surface area contributed by atoms with Crippen LogP contribution in [0.15, 0.2) is 29.2 Å². The Balaban J connectivity index is 1.61. The van der Waals surface area contributed by atoms with Crippen molar-refractivity contribution in [1.29, 1.82) is 0 Å². The molecular weight excluding hydrogens is 458 g/mol. The third-order valence-electron chi connectivity index (χ3n) is 5.67. The van der Waals surface area contributed by atoms with Crippen LogP contribution in [0.1, 0.15) is 44.4 Å². The number of carbonyl (C=O) groups is 2. The number of carbonyl (C=O) groups excluding carboxylic acids is 2. The van der Waals surface area contributed by atoms with E-state index < -0.39 is 0 Å². The summed E-state index contributed by atoms with van der Waals surface area (Å²) < 4.78 is 7.04. The number of aryl methyl sites for hydroxylation is 1. The van der Waals surface area contributed by atoms with Gasteiger partial charge >= 0.3 is 0 Å². The maximum Gasteiger partial charge on any atom is 0.293 e. The lowest BCUT2D eigenvalue weighted by Gasteiger charge is -2.15. The molecule has 2 amide bonds. The third-order valence-corrected chi connectivity index (χ3v) is 5.91. The molecule has 0 bridgehead atoms. The Kier molecular flexibility index (Phi) is 8.92. The first-order valence-corrected chi connectivity index (χ1v) is 11.9. The van der Waals surface area contributed by atoms with Crippen LogP contribution in [0.2, 0.25) is 5.02 Å². The summed E-state index contributed by atoms with van der Waals surface area (Å²) in [6, 6.07) is 5.26. The zero-order valence-corrected chi connectivity index (χ0v) is 20.6. The smallest absolute Gasteiger partial charge is 0.293 e. The molecule has 0 radical (unpaired) electrons. The van der Waals surface area contributed by atoms with Crippen molar-refractivity contribution in [2.24, 2.45) is 5.92 Å². The summed E-state index contributed by atoms with van der Waals surface area (Å²) in [4.78, 5) is 41.6. The zero-order valence-electron chi connectivity index (χ0n) is 19.8. The van der Waals surface area contributed by atoms with Gasteiger partial charge < -0.3 is 20.7 Å². The molecule has 1 aromatic carbocycles. The zero-order chi connectivity index (χ0) is 24.7. The number of aromatic nitrogens is 2. The van der Waals surface area contributed by atoms with Crippen LogP contribution in [-0.2, 0) is 22.7 Å². The molecule has 1 aliphatic rings. The largest absolute Gasteiger partial charge is 0.483 e. The van der Waals surface area contributed by atoms with Gasteiger partial charge in [-0.15, -0.1) is 0 Å². The topological polar surface area (TPSA) is 114 Å². The molecule has 0 aliphatic heterocycles. The minimum absolute atomic E-state index is 0.114. The van der Waals surface area contributed by atoms with Gasteiger partial charge in [0.05, 0.1) is 0 Å². The summed E-state index contributed by atoms with van der Waals surface area (Å²) >= 11 is 6.12. The highest BCUT2D eigenvalue weighted by atomic mass is 35.5. The summed E-state index contributed by atoms with van der Waals surface area (Å²) in [5.74, 6) is 0.561. The van der Waals surface area contributed by atoms with Crippen LogP contribution in [-0.4, -0.2) is 40.6 Å². The van der Waals surface area contributed by atoms with E-state index in [4.69, 9.17) is 16.3 Å². The van der Waals surface area contributed by atoms with Crippen LogP contribution in [0.25, 0.3) is 0 Å². The number of hydrogen-bond acceptors (Lipinski definition) is 6. The summed E-state index contributed by atoms with van der Waals surface area (Å²) in [6.45, 7) is 6.40. The van der Waals surface area contributed by atoms with Gasteiger partial charge in [-0.05, 0) is 43.9 Å². The van der Waals surface area contributed by atoms with Crippen molar-refractivity contribution in [2.45, 2.75) is 59.2 Å². The van der Waals surface area contributed by atoms with E-state index in [2.05, 4.69) is 34.8 Å². The molecule has 1 unspecified atom stereocenters. The predicted octanol–water partition coefficient (Wildman–Crippen LogP) is 2.64. The van der Waals surface area contributed by atoms with Gasteiger partial charge in [0.15, 0.2) is 12.4 Å². The molecule has 0 spiro atoms. The van der Waals surface area contributed by atoms with E-state index in [1.165, 1.54) is 4.57 Å². The van der Waals surface area contributed by atoms with E-state index >= 15 is 0 Å². The molecule has 1 heterocycles. The molecule has 1 aliphatic carbocycles. The molecule has 1 fully saturated rings. The van der Waals surface area contributed by atoms with E-state index in [9.17, 15) is 14.4 Å². The van der Waals surface area contributed by atoms with Crippen molar-refractivity contribution >= 4 is 29.2 Å². The lowest BCUT2D eigenvalue weighted by molar-refractivity contribution is -0.123. The van der Waals surface area contributed by atoms with Crippen LogP contribution >= 0.6 is 11.6 Å². The number of benzene rings is 1. The Bertz CT molecular complexity index is 1080. The number of amides is 2. The molecule has 3 N–H and O–H groups in total. The fraction of sp³-hybridized carbons (Fsp3) is 0.500. The maximum atomic E-state index is 12.8. The SMILES string of the molecule is CCC(C)CNc1ncc(C)n(CC(=O)NCc2cc(Cl)ccc2OCC(=O)NC2CC2)c1=O. The molecule has 184 valence electrons. The van der Waals surface area contributed by atoms with Gasteiger partial charge in [0.2, 0.25) is 5.91 Å². The first-order chi connectivity index (χ1) is 16.3. The monoisotopic (exact) mass is 489 g/mol. The van der Waals surface area contributed by atoms with Crippen LogP contribution in [0.4, 0.5) is 5.82 Å². The highest BCUT2D eigenvalue weighted by Crippen LogP contribution is 2.23. The quantitative estimate of drug-likeness (QED) is 0.422. The molecular formula is C24H32ClN5O4. The first-order valence-electron chi connectivity index (χ1n) is 11.5. The van der Waals surface area contributed by atoms with Gasteiger partial charge in [-0.3, -0.25) is 19.0 Å². The van der Waals surface area contributed by atoms with Gasteiger partial charge in [0, 0.05) is 41.6 Å². The summed E-state index contributed by atoms with van der Waals surface area (Å²) in [5, 5.41) is 9.22. The minimum atomic E-state index is -0.346. The fourth-order valence-electron chi connectivity index (χ4n) is 3.16. The summed E-state index contributed by atoms with van der Waals surface area (Å²) in [7, 11) is 0. The number of halogens is 1. The van der Waals surface area contributed by atoms with Crippen LogP contribution in [0.5, 0.6) is 5.75 Å². The molecule has 0 saturated heterocycles. The van der Waals surface area contributed by atoms with Crippen molar-refractivity contribution in [3.63, 3.8) is 0 Å². The van der Waals surface area contributed by atoms with Gasteiger partial charge in [0.1, 0.15) is 12.3 Å². The highest BCUT2D eigenvalue weighted by Gasteiger charge is 2.23. The van der Waals surface area contributed by atoms with Crippen LogP contribution < -0.4 is 26.2 Å². The van der Waals surface area contributed by atoms with Crippen molar-refractivity contribution in [2.75, 3.05) is 18.5 Å². The second kappa shape index (κ2) is 11.9. The second-order valence-electron chi connectivity index (χ2n) is 8.69. The molecule has 2 aromatic rings. The second-order valence-corrected chi connectivity index (χ2v) is 9.13. The van der Waals surface area contributed by atoms with Crippen molar-refractivity contribution in [1.82, 2.24) is 20.2 Å². The average molecular weight is 490 g/mol.